The number of nitrogens with two attached hydrogens (primary N) is 1. The predicted molar refractivity (Wildman–Crippen MR) is 110 cm³/mol. The normalized spacial score (nSPS) is 20.4. The maximum absolute atomic E-state index is 12.8. The molecule has 28 heavy (non-hydrogen) atoms. The van der Waals surface area contributed by atoms with Crippen molar-refractivity contribution in [3.63, 3.8) is 0 Å². The number of primary amides is 1. The van der Waals surface area contributed by atoms with Crippen LogP contribution >= 0.6 is 11.3 Å². The van der Waals surface area contributed by atoms with E-state index in [0.29, 0.717) is 16.5 Å². The van der Waals surface area contributed by atoms with Crippen LogP contribution in [0.4, 0.5) is 5.00 Å². The Kier molecular flexibility index (Phi) is 7.07. The Bertz CT molecular complexity index is 704. The fraction of sp³-hybridized carbons (Fsp3) is 0.650. The highest BCUT2D eigenvalue weighted by molar-refractivity contribution is 7.14. The lowest BCUT2D eigenvalue weighted by molar-refractivity contribution is -0.137. The van der Waals surface area contributed by atoms with Crippen LogP contribution in [0.15, 0.2) is 11.4 Å². The summed E-state index contributed by atoms with van der Waals surface area (Å²) < 4.78 is 0. The number of hydrogen-bond acceptors (Lipinski definition) is 5. The van der Waals surface area contributed by atoms with Crippen LogP contribution in [0.5, 0.6) is 0 Å². The number of rotatable bonds is 5. The highest BCUT2D eigenvalue weighted by Crippen LogP contribution is 2.25. The van der Waals surface area contributed by atoms with Crippen molar-refractivity contribution in [3.8, 4) is 0 Å². The maximum atomic E-state index is 12.8. The molecule has 0 unspecified atom stereocenters. The Morgan fingerprint density at radius 2 is 1.75 bits per heavy atom. The summed E-state index contributed by atoms with van der Waals surface area (Å²) in [6, 6.07) is 1.30. The van der Waals surface area contributed by atoms with Crippen molar-refractivity contribution in [3.05, 3.63) is 17.0 Å². The zero-order chi connectivity index (χ0) is 20.1. The summed E-state index contributed by atoms with van der Waals surface area (Å²) in [5.41, 5.74) is 5.68. The van der Waals surface area contributed by atoms with Gasteiger partial charge in [0.2, 0.25) is 11.8 Å². The minimum absolute atomic E-state index is 0.0726. The van der Waals surface area contributed by atoms with E-state index in [1.807, 2.05) is 11.8 Å². The SMILES string of the molecule is C[C@H](C(=O)Nc1sccc1C(N)=O)N1CCC(C(=O)N2CCCCCC2)CC1. The van der Waals surface area contributed by atoms with Gasteiger partial charge in [0, 0.05) is 19.0 Å². The molecule has 2 aliphatic rings. The first-order valence-corrected chi connectivity index (χ1v) is 11.1. The molecule has 3 heterocycles. The number of thiophene rings is 1. The third-order valence-electron chi connectivity index (χ3n) is 5.89. The lowest BCUT2D eigenvalue weighted by Gasteiger charge is -2.36. The topological polar surface area (TPSA) is 95.7 Å². The molecular formula is C20H30N4O3S. The Morgan fingerprint density at radius 3 is 2.36 bits per heavy atom. The summed E-state index contributed by atoms with van der Waals surface area (Å²) in [5, 5.41) is 5.06. The number of carbonyl (C=O) groups excluding carboxylic acids is 3. The van der Waals surface area contributed by atoms with Gasteiger partial charge in [-0.3, -0.25) is 19.3 Å². The van der Waals surface area contributed by atoms with E-state index in [1.54, 1.807) is 11.4 Å². The second kappa shape index (κ2) is 9.52. The summed E-state index contributed by atoms with van der Waals surface area (Å²) in [4.78, 5) is 41.0. The lowest BCUT2D eigenvalue weighted by Crippen LogP contribution is -2.48. The van der Waals surface area contributed by atoms with Crippen LogP contribution in [0.2, 0.25) is 0 Å². The van der Waals surface area contributed by atoms with Crippen LogP contribution in [-0.4, -0.2) is 59.7 Å². The minimum atomic E-state index is -0.544. The van der Waals surface area contributed by atoms with Crippen molar-refractivity contribution in [1.82, 2.24) is 9.80 Å². The first-order chi connectivity index (χ1) is 13.5. The van der Waals surface area contributed by atoms with E-state index in [9.17, 15) is 14.4 Å². The standard InChI is InChI=1S/C20H30N4O3S/c1-14(18(26)22-19-16(17(21)25)8-13-28-19)23-11-6-15(7-12-23)20(27)24-9-4-2-3-5-10-24/h8,13-15H,2-7,9-12H2,1H3,(H2,21,25)(H,22,26)/t14-/m1/s1. The molecule has 0 spiro atoms. The number of anilines is 1. The van der Waals surface area contributed by atoms with E-state index in [0.717, 1.165) is 51.9 Å². The first-order valence-electron chi connectivity index (χ1n) is 10.2. The van der Waals surface area contributed by atoms with Crippen molar-refractivity contribution in [2.45, 2.75) is 51.5 Å². The molecule has 2 saturated heterocycles. The number of carbonyl (C=O) groups is 3. The third-order valence-corrected chi connectivity index (χ3v) is 6.72. The first kappa shape index (κ1) is 20.8. The van der Waals surface area contributed by atoms with Gasteiger partial charge in [0.05, 0.1) is 11.6 Å². The summed E-state index contributed by atoms with van der Waals surface area (Å²) in [7, 11) is 0. The Balaban J connectivity index is 1.51. The van der Waals surface area contributed by atoms with E-state index in [2.05, 4.69) is 10.2 Å². The summed E-state index contributed by atoms with van der Waals surface area (Å²) in [6.45, 7) is 5.10. The van der Waals surface area contributed by atoms with Crippen LogP contribution in [0.1, 0.15) is 55.8 Å². The van der Waals surface area contributed by atoms with Crippen LogP contribution < -0.4 is 11.1 Å². The third kappa shape index (κ3) is 4.91. The van der Waals surface area contributed by atoms with Gasteiger partial charge in [-0.25, -0.2) is 0 Å². The Labute approximate surface area is 170 Å². The highest BCUT2D eigenvalue weighted by Gasteiger charge is 2.32. The molecule has 3 N–H and O–H groups in total. The van der Waals surface area contributed by atoms with Gasteiger partial charge < -0.3 is 16.0 Å². The average molecular weight is 407 g/mol. The molecule has 0 aliphatic carbocycles. The molecule has 3 amide bonds. The summed E-state index contributed by atoms with van der Waals surface area (Å²) in [5.74, 6) is -0.328. The van der Waals surface area contributed by atoms with E-state index in [-0.39, 0.29) is 17.9 Å². The van der Waals surface area contributed by atoms with Crippen LogP contribution in [0.3, 0.4) is 0 Å². The molecule has 0 aromatic carbocycles. The van der Waals surface area contributed by atoms with Gasteiger partial charge in [-0.15, -0.1) is 11.3 Å². The van der Waals surface area contributed by atoms with Gasteiger partial charge in [-0.05, 0) is 57.1 Å². The minimum Gasteiger partial charge on any atom is -0.366 e. The maximum Gasteiger partial charge on any atom is 0.251 e. The van der Waals surface area contributed by atoms with Gasteiger partial charge in [-0.1, -0.05) is 12.8 Å². The van der Waals surface area contributed by atoms with E-state index in [1.165, 1.54) is 24.2 Å². The van der Waals surface area contributed by atoms with Crippen LogP contribution in [0.25, 0.3) is 0 Å². The number of hydrogen-bond donors (Lipinski definition) is 2. The van der Waals surface area contributed by atoms with E-state index >= 15 is 0 Å². The second-order valence-electron chi connectivity index (χ2n) is 7.74. The molecule has 7 nitrogen and oxygen atoms in total. The Morgan fingerprint density at radius 1 is 1.11 bits per heavy atom. The van der Waals surface area contributed by atoms with Gasteiger partial charge in [-0.2, -0.15) is 0 Å². The van der Waals surface area contributed by atoms with Crippen molar-refractivity contribution in [2.24, 2.45) is 11.7 Å². The largest absolute Gasteiger partial charge is 0.366 e. The van der Waals surface area contributed by atoms with Crippen LogP contribution in [-0.2, 0) is 9.59 Å². The number of nitrogens with zero attached hydrogens (tertiary/aromatic N) is 2. The molecule has 1 aromatic heterocycles. The molecule has 0 bridgehead atoms. The van der Waals surface area contributed by atoms with Crippen molar-refractivity contribution < 1.29 is 14.4 Å². The fourth-order valence-electron chi connectivity index (χ4n) is 4.07. The van der Waals surface area contributed by atoms with Gasteiger partial charge in [0.15, 0.2) is 0 Å². The zero-order valence-electron chi connectivity index (χ0n) is 16.5. The van der Waals surface area contributed by atoms with Gasteiger partial charge >= 0.3 is 0 Å². The van der Waals surface area contributed by atoms with Crippen molar-refractivity contribution >= 4 is 34.1 Å². The second-order valence-corrected chi connectivity index (χ2v) is 8.66. The molecule has 2 aliphatic heterocycles. The van der Waals surface area contributed by atoms with Crippen molar-refractivity contribution in [1.29, 1.82) is 0 Å². The molecule has 1 atom stereocenters. The Hall–Kier alpha value is -1.93. The molecule has 0 radical (unpaired) electrons. The number of piperidine rings is 1. The summed E-state index contributed by atoms with van der Waals surface area (Å²) in [6.07, 6.45) is 6.24. The molecule has 8 heteroatoms. The molecule has 2 fully saturated rings. The van der Waals surface area contributed by atoms with Gasteiger partial charge in [0.1, 0.15) is 5.00 Å². The predicted octanol–water partition coefficient (Wildman–Crippen LogP) is 2.29. The molecule has 3 rings (SSSR count). The molecular weight excluding hydrogens is 376 g/mol. The van der Waals surface area contributed by atoms with Gasteiger partial charge in [0.25, 0.3) is 5.91 Å². The monoisotopic (exact) mass is 406 g/mol. The number of amides is 3. The zero-order valence-corrected chi connectivity index (χ0v) is 17.3. The van der Waals surface area contributed by atoms with Crippen LogP contribution in [0, 0.1) is 5.92 Å². The average Bonchev–Trinajstić information content (AvgIpc) is 2.99. The van der Waals surface area contributed by atoms with Crippen molar-refractivity contribution in [2.75, 3.05) is 31.5 Å². The smallest absolute Gasteiger partial charge is 0.251 e. The number of likely N-dealkylation sites (tertiary alicyclic amines) is 2. The molecule has 0 saturated carbocycles. The summed E-state index contributed by atoms with van der Waals surface area (Å²) >= 11 is 1.29. The molecule has 154 valence electrons. The highest BCUT2D eigenvalue weighted by atomic mass is 32.1. The molecule has 1 aromatic rings. The fourth-order valence-corrected chi connectivity index (χ4v) is 4.86. The van der Waals surface area contributed by atoms with E-state index in [4.69, 9.17) is 5.73 Å². The van der Waals surface area contributed by atoms with E-state index < -0.39 is 5.91 Å². The lowest BCUT2D eigenvalue weighted by atomic mass is 9.94. The number of nitrogens with one attached hydrogen (secondary N) is 1. The quantitative estimate of drug-likeness (QED) is 0.784.